The van der Waals surface area contributed by atoms with Gasteiger partial charge in [0.2, 0.25) is 0 Å². The Morgan fingerprint density at radius 2 is 2.35 bits per heavy atom. The third-order valence-electron chi connectivity index (χ3n) is 4.14. The number of halogens is 1. The largest absolute Gasteiger partial charge is 0.486 e. The lowest BCUT2D eigenvalue weighted by atomic mass is 10.1. The van der Waals surface area contributed by atoms with E-state index in [1.165, 1.54) is 12.1 Å². The highest BCUT2D eigenvalue weighted by Crippen LogP contribution is 2.25. The average molecular weight is 314 g/mol. The summed E-state index contributed by atoms with van der Waals surface area (Å²) in [6.45, 7) is 0.556. The fourth-order valence-electron chi connectivity index (χ4n) is 2.94. The molecule has 0 aliphatic heterocycles. The number of benzene rings is 1. The van der Waals surface area contributed by atoms with Gasteiger partial charge >= 0.3 is 0 Å². The predicted octanol–water partition coefficient (Wildman–Crippen LogP) is 2.52. The maximum atomic E-state index is 13.6. The average Bonchev–Trinajstić information content (AvgIpc) is 3.15. The van der Waals surface area contributed by atoms with E-state index in [4.69, 9.17) is 10.00 Å². The van der Waals surface area contributed by atoms with Gasteiger partial charge in [-0.3, -0.25) is 4.68 Å². The Kier molecular flexibility index (Phi) is 4.58. The number of nitriles is 1. The molecule has 5 nitrogen and oxygen atoms in total. The first-order valence-corrected chi connectivity index (χ1v) is 7.73. The monoisotopic (exact) mass is 314 g/mol. The molecule has 1 aliphatic carbocycles. The molecule has 1 aliphatic rings. The SMILES string of the molecule is Cn1cc(O[C@@H]2CCC[C@@H]2NCc2ccc(C#N)c(F)c2)cn1. The molecule has 1 aromatic heterocycles. The van der Waals surface area contributed by atoms with E-state index in [1.54, 1.807) is 16.9 Å². The molecule has 0 bridgehead atoms. The van der Waals surface area contributed by atoms with Crippen molar-refractivity contribution in [2.45, 2.75) is 38.0 Å². The van der Waals surface area contributed by atoms with Crippen molar-refractivity contribution in [3.8, 4) is 11.8 Å². The number of nitrogens with zero attached hydrogens (tertiary/aromatic N) is 3. The third kappa shape index (κ3) is 3.69. The Morgan fingerprint density at radius 3 is 3.04 bits per heavy atom. The van der Waals surface area contributed by atoms with Crippen molar-refractivity contribution in [1.29, 1.82) is 5.26 Å². The summed E-state index contributed by atoms with van der Waals surface area (Å²) in [5.41, 5.74) is 0.904. The summed E-state index contributed by atoms with van der Waals surface area (Å²) < 4.78 is 21.3. The molecule has 1 saturated carbocycles. The first kappa shape index (κ1) is 15.5. The van der Waals surface area contributed by atoms with Crippen molar-refractivity contribution in [2.75, 3.05) is 0 Å². The standard InChI is InChI=1S/C17H19FN4O/c1-22-11-14(10-21-22)23-17-4-2-3-16(17)20-9-12-5-6-13(8-19)15(18)7-12/h5-7,10-11,16-17,20H,2-4,9H2,1H3/t16-,17+/m0/s1. The highest BCUT2D eigenvalue weighted by atomic mass is 19.1. The lowest BCUT2D eigenvalue weighted by Gasteiger charge is -2.21. The van der Waals surface area contributed by atoms with Crippen LogP contribution in [0.3, 0.4) is 0 Å². The lowest BCUT2D eigenvalue weighted by molar-refractivity contribution is 0.174. The van der Waals surface area contributed by atoms with Gasteiger partial charge in [-0.2, -0.15) is 10.4 Å². The second-order valence-corrected chi connectivity index (χ2v) is 5.85. The quantitative estimate of drug-likeness (QED) is 0.921. The van der Waals surface area contributed by atoms with E-state index >= 15 is 0 Å². The zero-order chi connectivity index (χ0) is 16.2. The van der Waals surface area contributed by atoms with Crippen LogP contribution in [0.4, 0.5) is 4.39 Å². The summed E-state index contributed by atoms with van der Waals surface area (Å²) in [6, 6.07) is 6.77. The fraction of sp³-hybridized carbons (Fsp3) is 0.412. The molecular weight excluding hydrogens is 295 g/mol. The van der Waals surface area contributed by atoms with Crippen LogP contribution >= 0.6 is 0 Å². The first-order valence-electron chi connectivity index (χ1n) is 7.73. The summed E-state index contributed by atoms with van der Waals surface area (Å²) in [5, 5.41) is 16.3. The summed E-state index contributed by atoms with van der Waals surface area (Å²) >= 11 is 0. The van der Waals surface area contributed by atoms with E-state index < -0.39 is 5.82 Å². The van der Waals surface area contributed by atoms with Gasteiger partial charge < -0.3 is 10.1 Å². The number of rotatable bonds is 5. The van der Waals surface area contributed by atoms with Gasteiger partial charge in [0.25, 0.3) is 0 Å². The number of nitrogens with one attached hydrogen (secondary N) is 1. The van der Waals surface area contributed by atoms with Gasteiger partial charge in [0.15, 0.2) is 5.75 Å². The Bertz CT molecular complexity index is 722. The summed E-state index contributed by atoms with van der Waals surface area (Å²) in [7, 11) is 1.86. The topological polar surface area (TPSA) is 62.9 Å². The van der Waals surface area contributed by atoms with Crippen molar-refractivity contribution >= 4 is 0 Å². The van der Waals surface area contributed by atoms with Crippen molar-refractivity contribution in [3.05, 3.63) is 47.5 Å². The van der Waals surface area contributed by atoms with Crippen LogP contribution in [-0.2, 0) is 13.6 Å². The van der Waals surface area contributed by atoms with Crippen molar-refractivity contribution in [2.24, 2.45) is 7.05 Å². The number of hydrogen-bond acceptors (Lipinski definition) is 4. The predicted molar refractivity (Wildman–Crippen MR) is 83.2 cm³/mol. The molecule has 1 aromatic carbocycles. The molecule has 2 atom stereocenters. The molecule has 1 fully saturated rings. The normalized spacial score (nSPS) is 20.4. The van der Waals surface area contributed by atoms with Gasteiger partial charge in [-0.05, 0) is 37.0 Å². The van der Waals surface area contributed by atoms with Crippen LogP contribution in [0.1, 0.15) is 30.4 Å². The van der Waals surface area contributed by atoms with E-state index in [0.29, 0.717) is 6.54 Å². The second-order valence-electron chi connectivity index (χ2n) is 5.85. The molecule has 23 heavy (non-hydrogen) atoms. The van der Waals surface area contributed by atoms with Crippen molar-refractivity contribution < 1.29 is 9.13 Å². The van der Waals surface area contributed by atoms with Crippen molar-refractivity contribution in [1.82, 2.24) is 15.1 Å². The first-order chi connectivity index (χ1) is 11.2. The smallest absolute Gasteiger partial charge is 0.157 e. The minimum atomic E-state index is -0.471. The third-order valence-corrected chi connectivity index (χ3v) is 4.14. The number of ether oxygens (including phenoxy) is 1. The molecule has 120 valence electrons. The maximum Gasteiger partial charge on any atom is 0.157 e. The molecule has 1 N–H and O–H groups in total. The molecule has 3 rings (SSSR count). The van der Waals surface area contributed by atoms with E-state index in [0.717, 1.165) is 30.6 Å². The minimum absolute atomic E-state index is 0.0763. The minimum Gasteiger partial charge on any atom is -0.486 e. The van der Waals surface area contributed by atoms with Crippen LogP contribution in [0.2, 0.25) is 0 Å². The summed E-state index contributed by atoms with van der Waals surface area (Å²) in [5.74, 6) is 0.303. The molecule has 0 unspecified atom stereocenters. The highest BCUT2D eigenvalue weighted by molar-refractivity contribution is 5.33. The second kappa shape index (κ2) is 6.80. The highest BCUT2D eigenvalue weighted by Gasteiger charge is 2.28. The van der Waals surface area contributed by atoms with Gasteiger partial charge in [-0.15, -0.1) is 0 Å². The van der Waals surface area contributed by atoms with Gasteiger partial charge in [0, 0.05) is 19.6 Å². The molecule has 6 heteroatoms. The zero-order valence-corrected chi connectivity index (χ0v) is 13.0. The number of aryl methyl sites for hydroxylation is 1. The van der Waals surface area contributed by atoms with E-state index in [9.17, 15) is 4.39 Å². The van der Waals surface area contributed by atoms with Crippen LogP contribution in [0.5, 0.6) is 5.75 Å². The van der Waals surface area contributed by atoms with E-state index in [2.05, 4.69) is 10.4 Å². The molecule has 1 heterocycles. The molecule has 0 radical (unpaired) electrons. The summed E-state index contributed by atoms with van der Waals surface area (Å²) in [4.78, 5) is 0. The summed E-state index contributed by atoms with van der Waals surface area (Å²) in [6.07, 6.45) is 6.79. The molecule has 0 spiro atoms. The van der Waals surface area contributed by atoms with Crippen LogP contribution in [0.25, 0.3) is 0 Å². The van der Waals surface area contributed by atoms with Crippen LogP contribution < -0.4 is 10.1 Å². The Morgan fingerprint density at radius 1 is 1.48 bits per heavy atom. The van der Waals surface area contributed by atoms with Gasteiger partial charge in [-0.1, -0.05) is 6.07 Å². The number of hydrogen-bond donors (Lipinski definition) is 1. The lowest BCUT2D eigenvalue weighted by Crippen LogP contribution is -2.38. The Hall–Kier alpha value is -2.39. The van der Waals surface area contributed by atoms with E-state index in [-0.39, 0.29) is 17.7 Å². The van der Waals surface area contributed by atoms with Crippen LogP contribution in [0.15, 0.2) is 30.6 Å². The Balaban J connectivity index is 1.58. The van der Waals surface area contributed by atoms with Crippen LogP contribution in [0, 0.1) is 17.1 Å². The fourth-order valence-corrected chi connectivity index (χ4v) is 2.94. The van der Waals surface area contributed by atoms with E-state index in [1.807, 2.05) is 19.3 Å². The molecular formula is C17H19FN4O. The van der Waals surface area contributed by atoms with Gasteiger partial charge in [0.1, 0.15) is 18.0 Å². The molecule has 0 amide bonds. The maximum absolute atomic E-state index is 13.6. The zero-order valence-electron chi connectivity index (χ0n) is 13.0. The van der Waals surface area contributed by atoms with Crippen molar-refractivity contribution in [3.63, 3.8) is 0 Å². The molecule has 0 saturated heterocycles. The molecule has 2 aromatic rings. The Labute approximate surface area is 134 Å². The van der Waals surface area contributed by atoms with Crippen LogP contribution in [-0.4, -0.2) is 21.9 Å². The van der Waals surface area contributed by atoms with Gasteiger partial charge in [-0.25, -0.2) is 4.39 Å². The van der Waals surface area contributed by atoms with Gasteiger partial charge in [0.05, 0.1) is 18.0 Å². The number of aromatic nitrogens is 2.